The van der Waals surface area contributed by atoms with Crippen LogP contribution in [0.5, 0.6) is 0 Å². The van der Waals surface area contributed by atoms with E-state index in [2.05, 4.69) is 5.92 Å². The Labute approximate surface area is 125 Å². The maximum atomic E-state index is 11.7. The summed E-state index contributed by atoms with van der Waals surface area (Å²) in [6.45, 7) is 1.80. The molecule has 0 aliphatic heterocycles. The first-order valence-corrected chi connectivity index (χ1v) is 7.33. The normalized spacial score (nSPS) is 19.0. The summed E-state index contributed by atoms with van der Waals surface area (Å²) < 4.78 is 4.94. The fraction of sp³-hybridized carbons (Fsp3) is 0.444. The molecule has 2 atom stereocenters. The van der Waals surface area contributed by atoms with E-state index in [-0.39, 0.29) is 24.4 Å². The second-order valence-electron chi connectivity index (χ2n) is 5.53. The summed E-state index contributed by atoms with van der Waals surface area (Å²) in [4.78, 5) is 23.4. The molecule has 3 nitrogen and oxygen atoms in total. The number of hydrogen-bond donors (Lipinski definition) is 0. The van der Waals surface area contributed by atoms with E-state index < -0.39 is 0 Å². The second-order valence-corrected chi connectivity index (χ2v) is 5.53. The van der Waals surface area contributed by atoms with E-state index in [0.29, 0.717) is 5.78 Å². The van der Waals surface area contributed by atoms with Crippen LogP contribution in [0, 0.1) is 18.3 Å². The second kappa shape index (κ2) is 7.08. The number of ketones is 1. The van der Waals surface area contributed by atoms with Crippen LogP contribution in [0.25, 0.3) is 0 Å². The first-order chi connectivity index (χ1) is 10.1. The Hall–Kier alpha value is -2.08. The van der Waals surface area contributed by atoms with Crippen LogP contribution >= 0.6 is 0 Å². The molecule has 0 saturated heterocycles. The highest BCUT2D eigenvalue weighted by molar-refractivity contribution is 5.83. The van der Waals surface area contributed by atoms with Gasteiger partial charge in [0.05, 0.1) is 5.92 Å². The Bertz CT molecular complexity index is 551. The van der Waals surface area contributed by atoms with Gasteiger partial charge < -0.3 is 4.74 Å². The average molecular weight is 284 g/mol. The van der Waals surface area contributed by atoms with E-state index in [1.54, 1.807) is 6.92 Å². The highest BCUT2D eigenvalue weighted by atomic mass is 16.5. The van der Waals surface area contributed by atoms with E-state index in [1.807, 2.05) is 24.3 Å². The number of esters is 1. The molecule has 0 bridgehead atoms. The van der Waals surface area contributed by atoms with Gasteiger partial charge in [0.15, 0.2) is 6.61 Å². The minimum Gasteiger partial charge on any atom is -0.452 e. The van der Waals surface area contributed by atoms with Crippen molar-refractivity contribution < 1.29 is 14.3 Å². The molecule has 0 amide bonds. The van der Waals surface area contributed by atoms with Crippen LogP contribution in [0.3, 0.4) is 0 Å². The van der Waals surface area contributed by atoms with E-state index in [1.165, 1.54) is 0 Å². The van der Waals surface area contributed by atoms with Gasteiger partial charge in [-0.25, -0.2) is 0 Å². The molecule has 3 heteroatoms. The third kappa shape index (κ3) is 3.95. The zero-order valence-electron chi connectivity index (χ0n) is 12.3. The number of rotatable bonds is 5. The summed E-state index contributed by atoms with van der Waals surface area (Å²) in [5, 5.41) is 0. The van der Waals surface area contributed by atoms with Gasteiger partial charge in [0.1, 0.15) is 5.78 Å². The summed E-state index contributed by atoms with van der Waals surface area (Å²) in [5.74, 6) is 2.19. The van der Waals surface area contributed by atoms with Crippen molar-refractivity contribution in [2.45, 2.75) is 38.5 Å². The van der Waals surface area contributed by atoms with E-state index >= 15 is 0 Å². The minimum absolute atomic E-state index is 0.00501. The topological polar surface area (TPSA) is 43.4 Å². The molecule has 0 radical (unpaired) electrons. The van der Waals surface area contributed by atoms with Gasteiger partial charge in [0, 0.05) is 12.3 Å². The Morgan fingerprint density at radius 2 is 2.14 bits per heavy atom. The number of carbonyl (C=O) groups excluding carboxylic acids is 2. The molecule has 0 spiro atoms. The molecule has 1 aromatic rings. The predicted molar refractivity (Wildman–Crippen MR) is 80.7 cm³/mol. The maximum absolute atomic E-state index is 11.7. The lowest BCUT2D eigenvalue weighted by molar-refractivity contribution is -0.143. The largest absolute Gasteiger partial charge is 0.452 e. The Morgan fingerprint density at radius 3 is 2.71 bits per heavy atom. The summed E-state index contributed by atoms with van der Waals surface area (Å²) in [6, 6.07) is 7.84. The van der Waals surface area contributed by atoms with Gasteiger partial charge in [0.2, 0.25) is 0 Å². The van der Waals surface area contributed by atoms with Crippen molar-refractivity contribution in [1.82, 2.24) is 0 Å². The Morgan fingerprint density at radius 1 is 1.43 bits per heavy atom. The van der Waals surface area contributed by atoms with Gasteiger partial charge in [-0.15, -0.1) is 6.42 Å². The molecule has 1 aliphatic carbocycles. The summed E-state index contributed by atoms with van der Waals surface area (Å²) in [7, 11) is 0. The highest BCUT2D eigenvalue weighted by Gasteiger charge is 2.24. The first-order valence-electron chi connectivity index (χ1n) is 7.33. The molecule has 21 heavy (non-hydrogen) atoms. The third-order valence-electron chi connectivity index (χ3n) is 4.04. The third-order valence-corrected chi connectivity index (χ3v) is 4.04. The molecule has 2 rings (SSSR count). The van der Waals surface area contributed by atoms with Crippen molar-refractivity contribution in [3.8, 4) is 12.3 Å². The van der Waals surface area contributed by atoms with Gasteiger partial charge in [-0.2, -0.15) is 0 Å². The van der Waals surface area contributed by atoms with Crippen LogP contribution in [0.2, 0.25) is 0 Å². The first kappa shape index (κ1) is 15.3. The Balaban J connectivity index is 1.96. The standard InChI is InChI=1S/C18H20O3/c1-3-11-21-18(20)13(2)15-9-7-14(8-10-15)12-16-5-4-6-17(16)19/h1,7-10,13,16H,4-6,11-12H2,2H3. The Kier molecular flexibility index (Phi) is 5.16. The summed E-state index contributed by atoms with van der Waals surface area (Å²) >= 11 is 0. The number of ether oxygens (including phenoxy) is 1. The van der Waals surface area contributed by atoms with Crippen molar-refractivity contribution in [3.63, 3.8) is 0 Å². The predicted octanol–water partition coefficient (Wildman–Crippen LogP) is 2.88. The monoisotopic (exact) mass is 284 g/mol. The van der Waals surface area contributed by atoms with Gasteiger partial charge in [0.25, 0.3) is 0 Å². The zero-order valence-corrected chi connectivity index (χ0v) is 12.3. The van der Waals surface area contributed by atoms with Crippen molar-refractivity contribution >= 4 is 11.8 Å². The number of terminal acetylenes is 1. The van der Waals surface area contributed by atoms with Crippen molar-refractivity contribution in [2.75, 3.05) is 6.61 Å². The quantitative estimate of drug-likeness (QED) is 0.617. The van der Waals surface area contributed by atoms with Crippen LogP contribution in [-0.2, 0) is 20.7 Å². The minimum atomic E-state index is -0.333. The molecule has 0 aromatic heterocycles. The van der Waals surface area contributed by atoms with E-state index in [4.69, 9.17) is 11.2 Å². The number of Topliss-reactive ketones (excluding diaryl/α,β-unsaturated/α-hetero) is 1. The molecular weight excluding hydrogens is 264 g/mol. The van der Waals surface area contributed by atoms with Gasteiger partial charge in [-0.1, -0.05) is 30.2 Å². The molecule has 2 unspecified atom stereocenters. The van der Waals surface area contributed by atoms with Crippen molar-refractivity contribution in [1.29, 1.82) is 0 Å². The SMILES string of the molecule is C#CCOC(=O)C(C)c1ccc(CC2CCCC2=O)cc1. The van der Waals surface area contributed by atoms with Gasteiger partial charge >= 0.3 is 5.97 Å². The van der Waals surface area contributed by atoms with E-state index in [9.17, 15) is 9.59 Å². The van der Waals surface area contributed by atoms with Crippen LogP contribution < -0.4 is 0 Å². The summed E-state index contributed by atoms with van der Waals surface area (Å²) in [6.07, 6.45) is 8.60. The fourth-order valence-corrected chi connectivity index (χ4v) is 2.70. The van der Waals surface area contributed by atoms with Gasteiger partial charge in [-0.05, 0) is 37.3 Å². The highest BCUT2D eigenvalue weighted by Crippen LogP contribution is 2.26. The molecule has 1 aromatic carbocycles. The van der Waals surface area contributed by atoms with Crippen LogP contribution in [-0.4, -0.2) is 18.4 Å². The summed E-state index contributed by atoms with van der Waals surface area (Å²) in [5.41, 5.74) is 2.04. The maximum Gasteiger partial charge on any atom is 0.314 e. The number of hydrogen-bond acceptors (Lipinski definition) is 3. The van der Waals surface area contributed by atoms with Crippen LogP contribution in [0.1, 0.15) is 43.2 Å². The average Bonchev–Trinajstić information content (AvgIpc) is 2.90. The lowest BCUT2D eigenvalue weighted by Crippen LogP contribution is -2.13. The molecule has 0 N–H and O–H groups in total. The zero-order chi connectivity index (χ0) is 15.2. The molecular formula is C18H20O3. The van der Waals surface area contributed by atoms with Crippen LogP contribution in [0.4, 0.5) is 0 Å². The molecule has 1 aliphatic rings. The lowest BCUT2D eigenvalue weighted by atomic mass is 9.94. The molecule has 0 heterocycles. The lowest BCUT2D eigenvalue weighted by Gasteiger charge is -2.12. The molecule has 110 valence electrons. The molecule has 1 fully saturated rings. The number of carbonyl (C=O) groups is 2. The number of benzene rings is 1. The van der Waals surface area contributed by atoms with Gasteiger partial charge in [-0.3, -0.25) is 9.59 Å². The fourth-order valence-electron chi connectivity index (χ4n) is 2.70. The smallest absolute Gasteiger partial charge is 0.314 e. The van der Waals surface area contributed by atoms with Crippen molar-refractivity contribution in [2.24, 2.45) is 5.92 Å². The van der Waals surface area contributed by atoms with E-state index in [0.717, 1.165) is 36.8 Å². The molecule has 1 saturated carbocycles. The van der Waals surface area contributed by atoms with Crippen molar-refractivity contribution in [3.05, 3.63) is 35.4 Å². The van der Waals surface area contributed by atoms with Crippen LogP contribution in [0.15, 0.2) is 24.3 Å².